The number of aromatic nitrogens is 1. The van der Waals surface area contributed by atoms with E-state index in [0.717, 1.165) is 11.4 Å². The minimum atomic E-state index is -0.0736. The van der Waals surface area contributed by atoms with Crippen LogP contribution < -0.4 is 10.2 Å². The zero-order chi connectivity index (χ0) is 14.4. The van der Waals surface area contributed by atoms with Crippen LogP contribution in [-0.2, 0) is 0 Å². The van der Waals surface area contributed by atoms with E-state index in [0.29, 0.717) is 5.56 Å². The van der Waals surface area contributed by atoms with Crippen LogP contribution in [-0.4, -0.2) is 24.9 Å². The summed E-state index contributed by atoms with van der Waals surface area (Å²) in [7, 11) is 3.99. The third kappa shape index (κ3) is 3.68. The molecule has 0 unspecified atom stereocenters. The number of hydrogen-bond acceptors (Lipinski definition) is 4. The van der Waals surface area contributed by atoms with Crippen LogP contribution in [0.4, 0.5) is 11.4 Å². The maximum atomic E-state index is 11.8. The monoisotopic (exact) mass is 267 g/mol. The minimum absolute atomic E-state index is 0.0736. The molecule has 0 saturated carbocycles. The van der Waals surface area contributed by atoms with Crippen LogP contribution in [0, 0.1) is 0 Å². The molecule has 0 radical (unpaired) electrons. The van der Waals surface area contributed by atoms with Crippen molar-refractivity contribution in [2.75, 3.05) is 24.3 Å². The highest BCUT2D eigenvalue weighted by Gasteiger charge is 1.99. The van der Waals surface area contributed by atoms with E-state index in [-0.39, 0.29) is 5.78 Å². The van der Waals surface area contributed by atoms with Gasteiger partial charge in [0.25, 0.3) is 0 Å². The van der Waals surface area contributed by atoms with Gasteiger partial charge in [0.2, 0.25) is 0 Å². The summed E-state index contributed by atoms with van der Waals surface area (Å²) in [6.07, 6.45) is 6.33. The molecule has 1 heterocycles. The molecule has 102 valence electrons. The van der Waals surface area contributed by atoms with Gasteiger partial charge in [-0.05, 0) is 36.4 Å². The van der Waals surface area contributed by atoms with Crippen LogP contribution in [0.25, 0.3) is 0 Å². The summed E-state index contributed by atoms with van der Waals surface area (Å²) in [4.78, 5) is 17.8. The Morgan fingerprint density at radius 2 is 1.95 bits per heavy atom. The lowest BCUT2D eigenvalue weighted by atomic mass is 10.2. The molecule has 1 aromatic carbocycles. The molecule has 0 fully saturated rings. The average molecular weight is 267 g/mol. The number of ketones is 1. The first-order valence-electron chi connectivity index (χ1n) is 6.31. The number of anilines is 2. The topological polar surface area (TPSA) is 45.2 Å². The highest BCUT2D eigenvalue weighted by molar-refractivity contribution is 6.04. The van der Waals surface area contributed by atoms with Gasteiger partial charge in [-0.2, -0.15) is 0 Å². The molecule has 0 aliphatic carbocycles. The lowest BCUT2D eigenvalue weighted by molar-refractivity contribution is 0.104. The summed E-state index contributed by atoms with van der Waals surface area (Å²) in [5, 5.41) is 3.07. The molecule has 1 aromatic heterocycles. The van der Waals surface area contributed by atoms with Crippen molar-refractivity contribution in [3.8, 4) is 0 Å². The number of carbonyl (C=O) groups is 1. The Labute approximate surface area is 118 Å². The molecule has 4 nitrogen and oxygen atoms in total. The maximum absolute atomic E-state index is 11.8. The zero-order valence-electron chi connectivity index (χ0n) is 11.6. The Morgan fingerprint density at radius 3 is 2.55 bits per heavy atom. The number of nitrogens with one attached hydrogen (secondary N) is 1. The van der Waals surface area contributed by atoms with Crippen LogP contribution in [0.3, 0.4) is 0 Å². The van der Waals surface area contributed by atoms with Crippen LogP contribution >= 0.6 is 0 Å². The van der Waals surface area contributed by atoms with E-state index in [1.807, 2.05) is 43.3 Å². The highest BCUT2D eigenvalue weighted by Crippen LogP contribution is 2.15. The van der Waals surface area contributed by atoms with Gasteiger partial charge in [0.15, 0.2) is 5.78 Å². The summed E-state index contributed by atoms with van der Waals surface area (Å²) < 4.78 is 0. The molecule has 2 aromatic rings. The van der Waals surface area contributed by atoms with Crippen molar-refractivity contribution in [2.45, 2.75) is 0 Å². The van der Waals surface area contributed by atoms with Crippen molar-refractivity contribution in [1.82, 2.24) is 4.98 Å². The normalized spacial score (nSPS) is 10.5. The first kappa shape index (κ1) is 13.8. The molecule has 2 rings (SSSR count). The Bertz CT molecular complexity index is 589. The van der Waals surface area contributed by atoms with Crippen molar-refractivity contribution < 1.29 is 4.79 Å². The first-order valence-corrected chi connectivity index (χ1v) is 6.31. The molecule has 20 heavy (non-hydrogen) atoms. The second-order valence-corrected chi connectivity index (χ2v) is 4.52. The van der Waals surface area contributed by atoms with E-state index >= 15 is 0 Å². The van der Waals surface area contributed by atoms with Crippen LogP contribution in [0.1, 0.15) is 10.4 Å². The first-order chi connectivity index (χ1) is 9.66. The number of nitrogens with zero attached hydrogens (tertiary/aromatic N) is 2. The van der Waals surface area contributed by atoms with Gasteiger partial charge in [0, 0.05) is 55.7 Å². The standard InChI is InChI=1S/C16H17N3O/c1-19(2)15-7-5-14(6-8-15)18-11-9-16(20)13-4-3-10-17-12-13/h3-12,18H,1-2H3/b11-9+. The van der Waals surface area contributed by atoms with Crippen LogP contribution in [0.2, 0.25) is 0 Å². The lowest BCUT2D eigenvalue weighted by Gasteiger charge is -2.12. The summed E-state index contributed by atoms with van der Waals surface area (Å²) in [5.74, 6) is -0.0736. The van der Waals surface area contributed by atoms with Gasteiger partial charge in [0.1, 0.15) is 0 Å². The zero-order valence-corrected chi connectivity index (χ0v) is 11.6. The second-order valence-electron chi connectivity index (χ2n) is 4.52. The van der Waals surface area contributed by atoms with E-state index in [9.17, 15) is 4.79 Å². The van der Waals surface area contributed by atoms with E-state index in [1.54, 1.807) is 30.7 Å². The Kier molecular flexibility index (Phi) is 4.50. The van der Waals surface area contributed by atoms with E-state index in [2.05, 4.69) is 10.3 Å². The van der Waals surface area contributed by atoms with Gasteiger partial charge in [-0.25, -0.2) is 0 Å². The Balaban J connectivity index is 1.95. The van der Waals surface area contributed by atoms with E-state index in [1.165, 1.54) is 6.08 Å². The average Bonchev–Trinajstić information content (AvgIpc) is 2.48. The fourth-order valence-electron chi connectivity index (χ4n) is 1.67. The smallest absolute Gasteiger partial charge is 0.188 e. The predicted octanol–water partition coefficient (Wildman–Crippen LogP) is 2.96. The molecule has 0 saturated heterocycles. The molecule has 1 N–H and O–H groups in total. The molecule has 0 amide bonds. The van der Waals surface area contributed by atoms with Crippen molar-refractivity contribution in [3.63, 3.8) is 0 Å². The molecule has 0 atom stereocenters. The largest absolute Gasteiger partial charge is 0.378 e. The number of carbonyl (C=O) groups excluding carboxylic acids is 1. The Morgan fingerprint density at radius 1 is 1.20 bits per heavy atom. The van der Waals surface area contributed by atoms with Crippen LogP contribution in [0.15, 0.2) is 61.1 Å². The molecular formula is C16H17N3O. The van der Waals surface area contributed by atoms with Gasteiger partial charge in [0.05, 0.1) is 0 Å². The van der Waals surface area contributed by atoms with Gasteiger partial charge in [-0.3, -0.25) is 9.78 Å². The second kappa shape index (κ2) is 6.52. The molecule has 4 heteroatoms. The summed E-state index contributed by atoms with van der Waals surface area (Å²) in [5.41, 5.74) is 2.64. The SMILES string of the molecule is CN(C)c1ccc(N/C=C/C(=O)c2cccnc2)cc1. The molecule has 0 bridgehead atoms. The fraction of sp³-hybridized carbons (Fsp3) is 0.125. The quantitative estimate of drug-likeness (QED) is 0.668. The molecule has 0 aliphatic rings. The van der Waals surface area contributed by atoms with Crippen molar-refractivity contribution in [3.05, 3.63) is 66.6 Å². The maximum Gasteiger partial charge on any atom is 0.188 e. The molecule has 0 spiro atoms. The predicted molar refractivity (Wildman–Crippen MR) is 82.1 cm³/mol. The Hall–Kier alpha value is -2.62. The fourth-order valence-corrected chi connectivity index (χ4v) is 1.67. The number of benzene rings is 1. The van der Waals surface area contributed by atoms with Gasteiger partial charge < -0.3 is 10.2 Å². The molecular weight excluding hydrogens is 250 g/mol. The summed E-state index contributed by atoms with van der Waals surface area (Å²) >= 11 is 0. The van der Waals surface area contributed by atoms with Gasteiger partial charge in [-0.15, -0.1) is 0 Å². The number of allylic oxidation sites excluding steroid dienone is 1. The van der Waals surface area contributed by atoms with Crippen LogP contribution in [0.5, 0.6) is 0 Å². The lowest BCUT2D eigenvalue weighted by Crippen LogP contribution is -2.08. The number of hydrogen-bond donors (Lipinski definition) is 1. The van der Waals surface area contributed by atoms with Gasteiger partial charge in [-0.1, -0.05) is 0 Å². The third-order valence-electron chi connectivity index (χ3n) is 2.81. The van der Waals surface area contributed by atoms with E-state index < -0.39 is 0 Å². The highest BCUT2D eigenvalue weighted by atomic mass is 16.1. The van der Waals surface area contributed by atoms with E-state index in [4.69, 9.17) is 0 Å². The summed E-state index contributed by atoms with van der Waals surface area (Å²) in [6, 6.07) is 11.4. The number of pyridine rings is 1. The summed E-state index contributed by atoms with van der Waals surface area (Å²) in [6.45, 7) is 0. The van der Waals surface area contributed by atoms with Gasteiger partial charge >= 0.3 is 0 Å². The van der Waals surface area contributed by atoms with Crippen molar-refractivity contribution in [1.29, 1.82) is 0 Å². The molecule has 0 aliphatic heterocycles. The minimum Gasteiger partial charge on any atom is -0.378 e. The number of rotatable bonds is 5. The third-order valence-corrected chi connectivity index (χ3v) is 2.81. The van der Waals surface area contributed by atoms with Crippen molar-refractivity contribution in [2.24, 2.45) is 0 Å². The van der Waals surface area contributed by atoms with Crippen molar-refractivity contribution >= 4 is 17.2 Å².